The van der Waals surface area contributed by atoms with E-state index in [9.17, 15) is 8.78 Å². The summed E-state index contributed by atoms with van der Waals surface area (Å²) in [5, 5.41) is 0. The van der Waals surface area contributed by atoms with Crippen molar-refractivity contribution >= 4 is 50.5 Å². The molecule has 102 valence electrons. The number of benzene rings is 1. The van der Waals surface area contributed by atoms with E-state index in [1.807, 2.05) is 0 Å². The minimum atomic E-state index is -0.922. The first-order chi connectivity index (χ1) is 8.95. The maximum atomic E-state index is 14.1. The Kier molecular flexibility index (Phi) is 4.81. The fourth-order valence-corrected chi connectivity index (χ4v) is 3.56. The quantitative estimate of drug-likeness (QED) is 0.457. The van der Waals surface area contributed by atoms with E-state index < -0.39 is 17.7 Å². The Bertz CT molecular complexity index is 621. The van der Waals surface area contributed by atoms with E-state index in [4.69, 9.17) is 29.0 Å². The minimum Gasteiger partial charge on any atom is -0.271 e. The van der Waals surface area contributed by atoms with E-state index in [-0.39, 0.29) is 10.0 Å². The highest BCUT2D eigenvalue weighted by Crippen LogP contribution is 2.39. The van der Waals surface area contributed by atoms with E-state index in [0.29, 0.717) is 14.2 Å². The molecule has 3 N–H and O–H groups in total. The Morgan fingerprint density at radius 2 is 2.00 bits per heavy atom. The first-order valence-corrected chi connectivity index (χ1v) is 7.36. The normalized spacial score (nSPS) is 12.7. The van der Waals surface area contributed by atoms with Crippen LogP contribution in [-0.4, -0.2) is 0 Å². The van der Waals surface area contributed by atoms with Crippen molar-refractivity contribution in [2.45, 2.75) is 6.04 Å². The molecule has 1 aromatic heterocycles. The van der Waals surface area contributed by atoms with Crippen molar-refractivity contribution in [3.8, 4) is 0 Å². The van der Waals surface area contributed by atoms with Crippen LogP contribution in [0.15, 0.2) is 22.7 Å². The van der Waals surface area contributed by atoms with Crippen LogP contribution in [0.2, 0.25) is 8.67 Å². The van der Waals surface area contributed by atoms with Crippen LogP contribution in [0.4, 0.5) is 8.78 Å². The number of rotatable bonds is 3. The van der Waals surface area contributed by atoms with Gasteiger partial charge in [0.25, 0.3) is 0 Å². The van der Waals surface area contributed by atoms with Gasteiger partial charge >= 0.3 is 0 Å². The van der Waals surface area contributed by atoms with Gasteiger partial charge in [-0.05, 0) is 34.1 Å². The highest BCUT2D eigenvalue weighted by molar-refractivity contribution is 9.10. The number of thiophene rings is 1. The van der Waals surface area contributed by atoms with Crippen LogP contribution in [-0.2, 0) is 0 Å². The lowest BCUT2D eigenvalue weighted by Gasteiger charge is -2.18. The summed E-state index contributed by atoms with van der Waals surface area (Å²) in [6, 6.07) is 3.03. The first kappa shape index (κ1) is 15.2. The van der Waals surface area contributed by atoms with Gasteiger partial charge in [0.1, 0.15) is 11.6 Å². The van der Waals surface area contributed by atoms with Crippen molar-refractivity contribution in [1.29, 1.82) is 0 Å². The third-order valence-corrected chi connectivity index (χ3v) is 4.66. The van der Waals surface area contributed by atoms with Crippen molar-refractivity contribution in [2.75, 3.05) is 0 Å². The number of hydrogen-bond acceptors (Lipinski definition) is 3. The summed E-state index contributed by atoms with van der Waals surface area (Å²) in [5.41, 5.74) is 2.57. The summed E-state index contributed by atoms with van der Waals surface area (Å²) in [4.78, 5) is 0. The predicted molar refractivity (Wildman–Crippen MR) is 77.6 cm³/mol. The lowest BCUT2D eigenvalue weighted by molar-refractivity contribution is 0.508. The van der Waals surface area contributed by atoms with Crippen molar-refractivity contribution < 1.29 is 8.78 Å². The van der Waals surface area contributed by atoms with Crippen LogP contribution >= 0.6 is 50.5 Å². The lowest BCUT2D eigenvalue weighted by Crippen LogP contribution is -2.30. The summed E-state index contributed by atoms with van der Waals surface area (Å²) < 4.78 is 28.8. The molecule has 2 aromatic rings. The Morgan fingerprint density at radius 1 is 1.32 bits per heavy atom. The largest absolute Gasteiger partial charge is 0.271 e. The number of halogens is 5. The maximum Gasteiger partial charge on any atom is 0.145 e. The molecule has 0 radical (unpaired) electrons. The Labute approximate surface area is 130 Å². The number of hydrogen-bond donors (Lipinski definition) is 2. The molecule has 0 aliphatic rings. The second-order valence-corrected chi connectivity index (χ2v) is 6.78. The van der Waals surface area contributed by atoms with Gasteiger partial charge in [-0.2, -0.15) is 0 Å². The van der Waals surface area contributed by atoms with Crippen molar-refractivity contribution in [2.24, 2.45) is 5.84 Å². The highest BCUT2D eigenvalue weighted by atomic mass is 79.9. The fraction of sp³-hybridized carbons (Fsp3) is 0.0909. The van der Waals surface area contributed by atoms with Crippen molar-refractivity contribution in [1.82, 2.24) is 5.43 Å². The van der Waals surface area contributed by atoms with E-state index in [2.05, 4.69) is 21.4 Å². The highest BCUT2D eigenvalue weighted by Gasteiger charge is 2.25. The molecule has 2 nitrogen and oxygen atoms in total. The molecule has 1 unspecified atom stereocenters. The SMILES string of the molecule is NNC(c1cc(Cl)sc1Cl)c1c(F)ccc(Br)c1F. The van der Waals surface area contributed by atoms with Gasteiger partial charge in [-0.25, -0.2) is 14.2 Å². The molecule has 19 heavy (non-hydrogen) atoms. The lowest BCUT2D eigenvalue weighted by atomic mass is 10.0. The average molecular weight is 388 g/mol. The molecule has 1 aromatic carbocycles. The van der Waals surface area contributed by atoms with Crippen LogP contribution in [0.1, 0.15) is 17.2 Å². The molecular weight excluding hydrogens is 381 g/mol. The van der Waals surface area contributed by atoms with E-state index in [1.165, 1.54) is 12.1 Å². The zero-order chi connectivity index (χ0) is 14.2. The van der Waals surface area contributed by atoms with Crippen LogP contribution < -0.4 is 11.3 Å². The standard InChI is InChI=1S/C11H7BrCl2F2N2S/c12-5-1-2-6(15)8(9(5)16)10(18-17)4-3-7(13)19-11(4)14/h1-3,10,18H,17H2. The molecule has 0 fully saturated rings. The summed E-state index contributed by atoms with van der Waals surface area (Å²) in [5.74, 6) is 3.95. The molecule has 0 spiro atoms. The zero-order valence-electron chi connectivity index (χ0n) is 9.18. The monoisotopic (exact) mass is 386 g/mol. The molecule has 0 amide bonds. The summed E-state index contributed by atoms with van der Waals surface area (Å²) in [6.07, 6.45) is 0. The van der Waals surface area contributed by atoms with Crippen LogP contribution in [0.25, 0.3) is 0 Å². The molecule has 2 rings (SSSR count). The van der Waals surface area contributed by atoms with Crippen LogP contribution in [0, 0.1) is 11.6 Å². The van der Waals surface area contributed by atoms with E-state index >= 15 is 0 Å². The second-order valence-electron chi connectivity index (χ2n) is 3.64. The molecule has 0 aliphatic carbocycles. The van der Waals surface area contributed by atoms with Crippen LogP contribution in [0.3, 0.4) is 0 Å². The first-order valence-electron chi connectivity index (χ1n) is 5.00. The van der Waals surface area contributed by atoms with Gasteiger partial charge < -0.3 is 0 Å². The Hall–Kier alpha value is -0.240. The van der Waals surface area contributed by atoms with Gasteiger partial charge in [-0.15, -0.1) is 11.3 Å². The van der Waals surface area contributed by atoms with E-state index in [0.717, 1.165) is 17.4 Å². The molecule has 1 heterocycles. The van der Waals surface area contributed by atoms with Gasteiger partial charge in [-0.1, -0.05) is 23.2 Å². The minimum absolute atomic E-state index is 0.140. The summed E-state index contributed by atoms with van der Waals surface area (Å²) in [6.45, 7) is 0. The molecule has 8 heteroatoms. The molecule has 1 atom stereocenters. The van der Waals surface area contributed by atoms with Crippen molar-refractivity contribution in [3.05, 3.63) is 54.1 Å². The number of nitrogens with two attached hydrogens (primary N) is 1. The smallest absolute Gasteiger partial charge is 0.145 e. The van der Waals surface area contributed by atoms with Crippen molar-refractivity contribution in [3.63, 3.8) is 0 Å². The van der Waals surface area contributed by atoms with Gasteiger partial charge in [-0.3, -0.25) is 5.84 Å². The van der Waals surface area contributed by atoms with Gasteiger partial charge in [0.2, 0.25) is 0 Å². The summed E-state index contributed by atoms with van der Waals surface area (Å²) in [7, 11) is 0. The molecule has 0 bridgehead atoms. The zero-order valence-corrected chi connectivity index (χ0v) is 13.1. The second kappa shape index (κ2) is 6.03. The topological polar surface area (TPSA) is 38.0 Å². The van der Waals surface area contributed by atoms with Gasteiger partial charge in [0.05, 0.1) is 19.2 Å². The molecule has 0 saturated heterocycles. The Balaban J connectivity index is 2.61. The molecule has 0 aliphatic heterocycles. The Morgan fingerprint density at radius 3 is 2.53 bits per heavy atom. The predicted octanol–water partition coefficient (Wildman–Crippen LogP) is 4.65. The average Bonchev–Trinajstić information content (AvgIpc) is 2.69. The fourth-order valence-electron chi connectivity index (χ4n) is 1.69. The third kappa shape index (κ3) is 2.94. The maximum absolute atomic E-state index is 14.1. The number of hydrazine groups is 1. The summed E-state index contributed by atoms with van der Waals surface area (Å²) >= 11 is 15.9. The molecule has 0 saturated carbocycles. The molecular formula is C11H7BrCl2F2N2S. The van der Waals surface area contributed by atoms with Gasteiger partial charge in [0, 0.05) is 11.1 Å². The third-order valence-electron chi connectivity index (χ3n) is 2.53. The van der Waals surface area contributed by atoms with E-state index in [1.54, 1.807) is 0 Å². The number of nitrogens with one attached hydrogen (secondary N) is 1. The van der Waals surface area contributed by atoms with Crippen LogP contribution in [0.5, 0.6) is 0 Å². The van der Waals surface area contributed by atoms with Gasteiger partial charge in [0.15, 0.2) is 0 Å².